The van der Waals surface area contributed by atoms with Crippen LogP contribution in [0, 0.1) is 5.82 Å². The molecule has 5 nitrogen and oxygen atoms in total. The molecule has 1 saturated heterocycles. The Bertz CT molecular complexity index is 559. The smallest absolute Gasteiger partial charge is 0.245 e. The minimum Gasteiger partial charge on any atom is -0.340 e. The van der Waals surface area contributed by atoms with Gasteiger partial charge < -0.3 is 10.2 Å². The third-order valence-electron chi connectivity index (χ3n) is 3.69. The number of halogens is 1. The van der Waals surface area contributed by atoms with Crippen molar-refractivity contribution in [2.24, 2.45) is 0 Å². The van der Waals surface area contributed by atoms with E-state index < -0.39 is 0 Å². The van der Waals surface area contributed by atoms with Crippen LogP contribution in [0.1, 0.15) is 19.3 Å². The molecule has 1 aliphatic heterocycles. The van der Waals surface area contributed by atoms with Gasteiger partial charge in [-0.05, 0) is 44.5 Å². The largest absolute Gasteiger partial charge is 0.340 e. The lowest BCUT2D eigenvalue weighted by Gasteiger charge is -2.25. The van der Waals surface area contributed by atoms with Crippen molar-refractivity contribution >= 4 is 11.6 Å². The normalized spacial score (nSPS) is 20.4. The number of hydrogen-bond acceptors (Lipinski definition) is 4. The van der Waals surface area contributed by atoms with Gasteiger partial charge in [0.25, 0.3) is 0 Å². The van der Waals surface area contributed by atoms with Gasteiger partial charge in [-0.25, -0.2) is 8.91 Å². The van der Waals surface area contributed by atoms with E-state index in [9.17, 15) is 4.39 Å². The van der Waals surface area contributed by atoms with Gasteiger partial charge in [-0.1, -0.05) is 0 Å². The molecule has 1 unspecified atom stereocenters. The molecule has 1 aliphatic rings. The molecule has 2 aromatic heterocycles. The first-order valence-electron chi connectivity index (χ1n) is 6.69. The van der Waals surface area contributed by atoms with E-state index in [0.717, 1.165) is 32.4 Å². The Morgan fingerprint density at radius 1 is 1.37 bits per heavy atom. The second kappa shape index (κ2) is 5.13. The molecule has 0 radical (unpaired) electrons. The highest BCUT2D eigenvalue weighted by atomic mass is 19.1. The molecule has 19 heavy (non-hydrogen) atoms. The molecule has 0 bridgehead atoms. The fourth-order valence-electron chi connectivity index (χ4n) is 2.55. The minimum absolute atomic E-state index is 0.301. The highest BCUT2D eigenvalue weighted by Crippen LogP contribution is 2.18. The van der Waals surface area contributed by atoms with E-state index in [1.165, 1.54) is 16.8 Å². The molecule has 3 heterocycles. The van der Waals surface area contributed by atoms with Gasteiger partial charge in [0, 0.05) is 13.1 Å². The lowest BCUT2D eigenvalue weighted by atomic mass is 10.1. The van der Waals surface area contributed by atoms with E-state index in [1.54, 1.807) is 6.07 Å². The molecule has 6 heteroatoms. The first-order valence-corrected chi connectivity index (χ1v) is 6.69. The average molecular weight is 263 g/mol. The highest BCUT2D eigenvalue weighted by molar-refractivity contribution is 5.44. The van der Waals surface area contributed by atoms with Crippen molar-refractivity contribution in [3.05, 3.63) is 24.1 Å². The summed E-state index contributed by atoms with van der Waals surface area (Å²) >= 11 is 0. The fourth-order valence-corrected chi connectivity index (χ4v) is 2.55. The summed E-state index contributed by atoms with van der Waals surface area (Å²) in [4.78, 5) is 6.56. The molecule has 0 amide bonds. The molecule has 2 aromatic rings. The number of fused-ring (bicyclic) bond motifs is 1. The van der Waals surface area contributed by atoms with Crippen molar-refractivity contribution in [1.29, 1.82) is 0 Å². The van der Waals surface area contributed by atoms with Crippen molar-refractivity contribution in [3.8, 4) is 0 Å². The van der Waals surface area contributed by atoms with Crippen LogP contribution in [0.3, 0.4) is 0 Å². The predicted octanol–water partition coefficient (Wildman–Crippen LogP) is 1.45. The van der Waals surface area contributed by atoms with Crippen LogP contribution < -0.4 is 10.2 Å². The first kappa shape index (κ1) is 12.3. The zero-order chi connectivity index (χ0) is 13.2. The van der Waals surface area contributed by atoms with Crippen LogP contribution >= 0.6 is 0 Å². The van der Waals surface area contributed by atoms with E-state index in [4.69, 9.17) is 0 Å². The quantitative estimate of drug-likeness (QED) is 0.890. The zero-order valence-electron chi connectivity index (χ0n) is 11.0. The lowest BCUT2D eigenvalue weighted by Crippen LogP contribution is -2.33. The molecule has 0 aliphatic carbocycles. The number of nitrogens with one attached hydrogen (secondary N) is 1. The number of hydrogen-bond donors (Lipinski definition) is 1. The second-order valence-electron chi connectivity index (χ2n) is 5.01. The number of anilines is 1. The summed E-state index contributed by atoms with van der Waals surface area (Å²) in [6, 6.07) is 3.50. The van der Waals surface area contributed by atoms with E-state index in [1.807, 2.05) is 7.05 Å². The lowest BCUT2D eigenvalue weighted by molar-refractivity contribution is 0.557. The van der Waals surface area contributed by atoms with Gasteiger partial charge in [0.1, 0.15) is 5.82 Å². The van der Waals surface area contributed by atoms with E-state index >= 15 is 0 Å². The standard InChI is InChI=1S/C13H18FN5/c1-18(11-3-2-7-15-8-6-11)13-16-12-5-4-10(14)9-19(12)17-13/h4-5,9,11,15H,2-3,6-8H2,1H3. The first-order chi connectivity index (χ1) is 9.24. The fraction of sp³-hybridized carbons (Fsp3) is 0.538. The van der Waals surface area contributed by atoms with Crippen molar-refractivity contribution in [2.75, 3.05) is 25.0 Å². The van der Waals surface area contributed by atoms with Gasteiger partial charge >= 0.3 is 0 Å². The maximum absolute atomic E-state index is 13.1. The van der Waals surface area contributed by atoms with Crippen molar-refractivity contribution in [2.45, 2.75) is 25.3 Å². The van der Waals surface area contributed by atoms with E-state index in [2.05, 4.69) is 20.3 Å². The summed E-state index contributed by atoms with van der Waals surface area (Å²) in [5.41, 5.74) is 0.676. The van der Waals surface area contributed by atoms with Gasteiger partial charge in [0.05, 0.1) is 6.20 Å². The van der Waals surface area contributed by atoms with Crippen LogP contribution in [-0.4, -0.2) is 40.8 Å². The summed E-state index contributed by atoms with van der Waals surface area (Å²) in [6.07, 6.45) is 4.74. The van der Waals surface area contributed by atoms with Crippen molar-refractivity contribution in [1.82, 2.24) is 19.9 Å². The van der Waals surface area contributed by atoms with Crippen molar-refractivity contribution in [3.63, 3.8) is 0 Å². The van der Waals surface area contributed by atoms with Gasteiger partial charge in [0.15, 0.2) is 5.65 Å². The molecular formula is C13H18FN5. The summed E-state index contributed by atoms with van der Waals surface area (Å²) in [7, 11) is 2.01. The van der Waals surface area contributed by atoms with Crippen LogP contribution in [-0.2, 0) is 0 Å². The molecule has 0 saturated carbocycles. The molecule has 0 spiro atoms. The molecule has 1 fully saturated rings. The summed E-state index contributed by atoms with van der Waals surface area (Å²) in [5.74, 6) is 0.364. The summed E-state index contributed by atoms with van der Waals surface area (Å²) in [5, 5.41) is 7.75. The number of aromatic nitrogens is 3. The molecule has 102 valence electrons. The Labute approximate surface area is 111 Å². The van der Waals surface area contributed by atoms with Crippen LogP contribution in [0.15, 0.2) is 18.3 Å². The van der Waals surface area contributed by atoms with Gasteiger partial charge in [-0.2, -0.15) is 4.98 Å². The van der Waals surface area contributed by atoms with Crippen LogP contribution in [0.25, 0.3) is 5.65 Å². The summed E-state index contributed by atoms with van der Waals surface area (Å²) < 4.78 is 14.6. The average Bonchev–Trinajstić information content (AvgIpc) is 2.64. The number of pyridine rings is 1. The van der Waals surface area contributed by atoms with Crippen LogP contribution in [0.5, 0.6) is 0 Å². The molecule has 1 N–H and O–H groups in total. The topological polar surface area (TPSA) is 45.5 Å². The highest BCUT2D eigenvalue weighted by Gasteiger charge is 2.20. The predicted molar refractivity (Wildman–Crippen MR) is 71.9 cm³/mol. The third kappa shape index (κ3) is 2.53. The summed E-state index contributed by atoms with van der Waals surface area (Å²) in [6.45, 7) is 2.10. The Kier molecular flexibility index (Phi) is 3.33. The Morgan fingerprint density at radius 2 is 2.26 bits per heavy atom. The van der Waals surface area contributed by atoms with Crippen LogP contribution in [0.2, 0.25) is 0 Å². The number of rotatable bonds is 2. The van der Waals surface area contributed by atoms with Gasteiger partial charge in [-0.3, -0.25) is 0 Å². The molecular weight excluding hydrogens is 245 g/mol. The Morgan fingerprint density at radius 3 is 3.16 bits per heavy atom. The monoisotopic (exact) mass is 263 g/mol. The second-order valence-corrected chi connectivity index (χ2v) is 5.01. The minimum atomic E-state index is -0.301. The van der Waals surface area contributed by atoms with E-state index in [0.29, 0.717) is 17.6 Å². The number of nitrogens with zero attached hydrogens (tertiary/aromatic N) is 4. The van der Waals surface area contributed by atoms with Crippen molar-refractivity contribution < 1.29 is 4.39 Å². The Hall–Kier alpha value is -1.69. The zero-order valence-corrected chi connectivity index (χ0v) is 11.0. The van der Waals surface area contributed by atoms with Gasteiger partial charge in [0.2, 0.25) is 5.95 Å². The Balaban J connectivity index is 1.85. The molecule has 0 aromatic carbocycles. The molecule has 1 atom stereocenters. The van der Waals surface area contributed by atoms with Gasteiger partial charge in [-0.15, -0.1) is 5.10 Å². The van der Waals surface area contributed by atoms with Crippen LogP contribution in [0.4, 0.5) is 10.3 Å². The SMILES string of the molecule is CN(c1nc2ccc(F)cn2n1)C1CCCNCC1. The van der Waals surface area contributed by atoms with E-state index in [-0.39, 0.29) is 5.82 Å². The maximum atomic E-state index is 13.1. The molecule has 3 rings (SSSR count). The third-order valence-corrected chi connectivity index (χ3v) is 3.69. The maximum Gasteiger partial charge on any atom is 0.245 e.